The summed E-state index contributed by atoms with van der Waals surface area (Å²) in [6.45, 7) is 1.95. The standard InChI is InChI=1S/C9H11BrN4O/c1-5-3-4-15-8(5)6(11)7-9(10)12-13-14(7)2/h3-4,6H,11H2,1-2H3. The lowest BCUT2D eigenvalue weighted by Gasteiger charge is -2.10. The van der Waals surface area contributed by atoms with Crippen molar-refractivity contribution in [2.24, 2.45) is 12.8 Å². The number of nitrogens with zero attached hydrogens (tertiary/aromatic N) is 3. The Balaban J connectivity index is 2.45. The molecule has 0 aliphatic carbocycles. The molecule has 0 radical (unpaired) electrons. The lowest BCUT2D eigenvalue weighted by molar-refractivity contribution is 0.475. The third kappa shape index (κ3) is 1.70. The summed E-state index contributed by atoms with van der Waals surface area (Å²) < 4.78 is 7.63. The first kappa shape index (κ1) is 10.4. The van der Waals surface area contributed by atoms with Gasteiger partial charge in [-0.2, -0.15) is 0 Å². The van der Waals surface area contributed by atoms with Gasteiger partial charge in [0.1, 0.15) is 11.8 Å². The number of halogens is 1. The van der Waals surface area contributed by atoms with Crippen LogP contribution in [0.5, 0.6) is 0 Å². The molecule has 0 aliphatic rings. The maximum absolute atomic E-state index is 6.08. The second-order valence-corrected chi connectivity index (χ2v) is 4.09. The quantitative estimate of drug-likeness (QED) is 0.899. The molecule has 1 unspecified atom stereocenters. The Labute approximate surface area is 95.4 Å². The smallest absolute Gasteiger partial charge is 0.153 e. The number of furan rings is 1. The molecule has 0 saturated carbocycles. The van der Waals surface area contributed by atoms with E-state index in [1.165, 1.54) is 0 Å². The minimum Gasteiger partial charge on any atom is -0.467 e. The zero-order valence-electron chi connectivity index (χ0n) is 8.44. The maximum Gasteiger partial charge on any atom is 0.153 e. The van der Waals surface area contributed by atoms with Crippen LogP contribution in [0.3, 0.4) is 0 Å². The van der Waals surface area contributed by atoms with Crippen LogP contribution in [0.4, 0.5) is 0 Å². The second-order valence-electron chi connectivity index (χ2n) is 3.33. The summed E-state index contributed by atoms with van der Waals surface area (Å²) in [7, 11) is 1.80. The second kappa shape index (κ2) is 3.79. The fraction of sp³-hybridized carbons (Fsp3) is 0.333. The molecule has 2 rings (SSSR count). The van der Waals surface area contributed by atoms with Gasteiger partial charge in [0.05, 0.1) is 12.0 Å². The minimum absolute atomic E-state index is 0.352. The maximum atomic E-state index is 6.08. The number of hydrogen-bond donors (Lipinski definition) is 1. The molecule has 0 aromatic carbocycles. The zero-order valence-corrected chi connectivity index (χ0v) is 10.0. The lowest BCUT2D eigenvalue weighted by Crippen LogP contribution is -2.16. The number of nitrogens with two attached hydrogens (primary N) is 1. The number of hydrogen-bond acceptors (Lipinski definition) is 4. The number of rotatable bonds is 2. The largest absolute Gasteiger partial charge is 0.467 e. The van der Waals surface area contributed by atoms with E-state index in [-0.39, 0.29) is 6.04 Å². The van der Waals surface area contributed by atoms with Gasteiger partial charge in [-0.15, -0.1) is 5.10 Å². The molecule has 0 aliphatic heterocycles. The summed E-state index contributed by atoms with van der Waals surface area (Å²) in [4.78, 5) is 0. The fourth-order valence-corrected chi connectivity index (χ4v) is 2.07. The molecule has 6 heteroatoms. The van der Waals surface area contributed by atoms with Gasteiger partial charge in [0.25, 0.3) is 0 Å². The van der Waals surface area contributed by atoms with Crippen LogP contribution in [-0.4, -0.2) is 15.0 Å². The molecule has 0 spiro atoms. The number of aromatic nitrogens is 3. The Hall–Kier alpha value is -1.14. The van der Waals surface area contributed by atoms with Gasteiger partial charge in [-0.1, -0.05) is 5.21 Å². The fourth-order valence-electron chi connectivity index (χ4n) is 1.50. The minimum atomic E-state index is -0.352. The van der Waals surface area contributed by atoms with Crippen molar-refractivity contribution < 1.29 is 4.42 Å². The van der Waals surface area contributed by atoms with Gasteiger partial charge in [0, 0.05) is 7.05 Å². The van der Waals surface area contributed by atoms with Crippen molar-refractivity contribution in [2.75, 3.05) is 0 Å². The molecule has 0 fully saturated rings. The van der Waals surface area contributed by atoms with Crippen molar-refractivity contribution in [2.45, 2.75) is 13.0 Å². The van der Waals surface area contributed by atoms with E-state index in [1.807, 2.05) is 13.0 Å². The Morgan fingerprint density at radius 3 is 2.80 bits per heavy atom. The molecule has 80 valence electrons. The van der Waals surface area contributed by atoms with Gasteiger partial charge in [0.15, 0.2) is 4.60 Å². The first-order chi connectivity index (χ1) is 7.11. The molecule has 2 aromatic heterocycles. The molecule has 2 N–H and O–H groups in total. The normalized spacial score (nSPS) is 13.1. The van der Waals surface area contributed by atoms with Crippen molar-refractivity contribution in [1.82, 2.24) is 15.0 Å². The topological polar surface area (TPSA) is 69.9 Å². The van der Waals surface area contributed by atoms with Crippen molar-refractivity contribution >= 4 is 15.9 Å². The van der Waals surface area contributed by atoms with Crippen LogP contribution >= 0.6 is 15.9 Å². The van der Waals surface area contributed by atoms with Gasteiger partial charge in [0.2, 0.25) is 0 Å². The Bertz CT molecular complexity index is 457. The molecule has 0 bridgehead atoms. The van der Waals surface area contributed by atoms with Crippen LogP contribution in [0.15, 0.2) is 21.3 Å². The summed E-state index contributed by atoms with van der Waals surface area (Å²) in [5, 5.41) is 7.76. The first-order valence-electron chi connectivity index (χ1n) is 4.46. The highest BCUT2D eigenvalue weighted by Crippen LogP contribution is 2.26. The van der Waals surface area contributed by atoms with E-state index in [2.05, 4.69) is 26.2 Å². The third-order valence-corrected chi connectivity index (χ3v) is 2.87. The van der Waals surface area contributed by atoms with Gasteiger partial charge in [-0.25, -0.2) is 4.68 Å². The highest BCUT2D eigenvalue weighted by Gasteiger charge is 2.21. The van der Waals surface area contributed by atoms with Gasteiger partial charge in [-0.05, 0) is 34.5 Å². The van der Waals surface area contributed by atoms with Crippen LogP contribution in [0.1, 0.15) is 23.1 Å². The molecular weight excluding hydrogens is 260 g/mol. The Morgan fingerprint density at radius 2 is 2.33 bits per heavy atom. The lowest BCUT2D eigenvalue weighted by atomic mass is 10.1. The summed E-state index contributed by atoms with van der Waals surface area (Å²) in [6.07, 6.45) is 1.63. The average molecular weight is 271 g/mol. The predicted octanol–water partition coefficient (Wildman–Crippen LogP) is 1.53. The first-order valence-corrected chi connectivity index (χ1v) is 5.25. The highest BCUT2D eigenvalue weighted by atomic mass is 79.9. The van der Waals surface area contributed by atoms with Crippen molar-refractivity contribution in [3.8, 4) is 0 Å². The number of aryl methyl sites for hydroxylation is 2. The van der Waals surface area contributed by atoms with E-state index in [9.17, 15) is 0 Å². The predicted molar refractivity (Wildman–Crippen MR) is 58.2 cm³/mol. The summed E-state index contributed by atoms with van der Waals surface area (Å²) in [5.41, 5.74) is 7.91. The van der Waals surface area contributed by atoms with Crippen molar-refractivity contribution in [1.29, 1.82) is 0 Å². The van der Waals surface area contributed by atoms with Gasteiger partial charge in [-0.3, -0.25) is 0 Å². The molecule has 0 amide bonds. The SMILES string of the molecule is Cc1ccoc1C(N)c1c(Br)nnn1C. The molecule has 2 aromatic rings. The molecular formula is C9H11BrN4O. The molecule has 2 heterocycles. The third-order valence-electron chi connectivity index (χ3n) is 2.31. The van der Waals surface area contributed by atoms with Crippen molar-refractivity contribution in [3.05, 3.63) is 34.0 Å². The van der Waals surface area contributed by atoms with E-state index in [4.69, 9.17) is 10.2 Å². The van der Waals surface area contributed by atoms with E-state index >= 15 is 0 Å². The van der Waals surface area contributed by atoms with Crippen LogP contribution in [-0.2, 0) is 7.05 Å². The summed E-state index contributed by atoms with van der Waals surface area (Å²) in [5.74, 6) is 0.737. The Morgan fingerprint density at radius 1 is 1.60 bits per heavy atom. The molecule has 1 atom stereocenters. The van der Waals surface area contributed by atoms with Crippen LogP contribution < -0.4 is 5.73 Å². The van der Waals surface area contributed by atoms with Crippen molar-refractivity contribution in [3.63, 3.8) is 0 Å². The molecule has 15 heavy (non-hydrogen) atoms. The van der Waals surface area contributed by atoms with Crippen LogP contribution in [0, 0.1) is 6.92 Å². The summed E-state index contributed by atoms with van der Waals surface area (Å²) in [6, 6.07) is 1.53. The van der Waals surface area contributed by atoms with E-state index in [0.29, 0.717) is 4.60 Å². The molecule has 0 saturated heterocycles. The average Bonchev–Trinajstić information content (AvgIpc) is 2.73. The molecule has 5 nitrogen and oxygen atoms in total. The highest BCUT2D eigenvalue weighted by molar-refractivity contribution is 9.10. The van der Waals surface area contributed by atoms with E-state index in [1.54, 1.807) is 18.0 Å². The van der Waals surface area contributed by atoms with Crippen LogP contribution in [0.2, 0.25) is 0 Å². The van der Waals surface area contributed by atoms with Gasteiger partial charge >= 0.3 is 0 Å². The van der Waals surface area contributed by atoms with E-state index in [0.717, 1.165) is 17.0 Å². The summed E-state index contributed by atoms with van der Waals surface area (Å²) >= 11 is 3.31. The monoisotopic (exact) mass is 270 g/mol. The van der Waals surface area contributed by atoms with E-state index < -0.39 is 0 Å². The van der Waals surface area contributed by atoms with Gasteiger partial charge < -0.3 is 10.2 Å². The van der Waals surface area contributed by atoms with Crippen LogP contribution in [0.25, 0.3) is 0 Å². The zero-order chi connectivity index (χ0) is 11.0. The Kier molecular flexibility index (Phi) is 2.62.